The lowest BCUT2D eigenvalue weighted by molar-refractivity contribution is -0.138. The minimum Gasteiger partial charge on any atom is -0.361 e. The van der Waals surface area contributed by atoms with Crippen molar-refractivity contribution >= 4 is 34.3 Å². The van der Waals surface area contributed by atoms with Crippen LogP contribution in [0.25, 0.3) is 10.9 Å². The summed E-state index contributed by atoms with van der Waals surface area (Å²) >= 11 is 6.01. The molecule has 0 aliphatic carbocycles. The Balaban J connectivity index is 1.36. The highest BCUT2D eigenvalue weighted by Gasteiger charge is 2.31. The van der Waals surface area contributed by atoms with Gasteiger partial charge in [-0.25, -0.2) is 0 Å². The van der Waals surface area contributed by atoms with Crippen LogP contribution in [0.3, 0.4) is 0 Å². The zero-order chi connectivity index (χ0) is 22.7. The van der Waals surface area contributed by atoms with Crippen LogP contribution < -0.4 is 5.32 Å². The topological polar surface area (TPSA) is 65.2 Å². The summed E-state index contributed by atoms with van der Waals surface area (Å²) in [5.41, 5.74) is 3.22. The third-order valence-corrected chi connectivity index (χ3v) is 6.68. The smallest absolute Gasteiger partial charge is 0.245 e. The summed E-state index contributed by atoms with van der Waals surface area (Å²) in [5, 5.41) is 4.79. The molecule has 3 aromatic rings. The van der Waals surface area contributed by atoms with E-state index in [0.717, 1.165) is 34.3 Å². The number of H-pyrrole nitrogens is 1. The fourth-order valence-corrected chi connectivity index (χ4v) is 4.68. The van der Waals surface area contributed by atoms with Crippen LogP contribution >= 0.6 is 11.6 Å². The largest absolute Gasteiger partial charge is 0.361 e. The second-order valence-corrected chi connectivity index (χ2v) is 9.41. The van der Waals surface area contributed by atoms with Gasteiger partial charge >= 0.3 is 0 Å². The first-order valence-corrected chi connectivity index (χ1v) is 11.7. The molecule has 2 amide bonds. The summed E-state index contributed by atoms with van der Waals surface area (Å²) in [4.78, 5) is 31.2. The van der Waals surface area contributed by atoms with Gasteiger partial charge < -0.3 is 15.2 Å². The minimum absolute atomic E-state index is 0.0156. The molecule has 0 bridgehead atoms. The van der Waals surface area contributed by atoms with Crippen LogP contribution in [0.15, 0.2) is 54.7 Å². The van der Waals surface area contributed by atoms with E-state index in [2.05, 4.69) is 22.4 Å². The lowest BCUT2D eigenvalue weighted by atomic mass is 9.89. The van der Waals surface area contributed by atoms with Gasteiger partial charge in [0.05, 0.1) is 6.42 Å². The van der Waals surface area contributed by atoms with E-state index in [1.165, 1.54) is 5.56 Å². The first kappa shape index (κ1) is 22.4. The number of amides is 2. The maximum absolute atomic E-state index is 13.3. The molecule has 1 aliphatic heterocycles. The molecule has 0 radical (unpaired) electrons. The van der Waals surface area contributed by atoms with E-state index >= 15 is 0 Å². The summed E-state index contributed by atoms with van der Waals surface area (Å²) in [6, 6.07) is 15.4. The van der Waals surface area contributed by atoms with Crippen LogP contribution in [0.1, 0.15) is 43.7 Å². The molecule has 1 aromatic heterocycles. The zero-order valence-electron chi connectivity index (χ0n) is 18.6. The second kappa shape index (κ2) is 9.78. The Morgan fingerprint density at radius 2 is 1.78 bits per heavy atom. The number of hydrogen-bond donors (Lipinski definition) is 2. The number of aromatic nitrogens is 1. The second-order valence-electron chi connectivity index (χ2n) is 8.98. The normalized spacial score (nSPS) is 15.8. The van der Waals surface area contributed by atoms with Crippen LogP contribution in [-0.4, -0.2) is 40.8 Å². The number of likely N-dealkylation sites (tertiary alicyclic amines) is 1. The Kier molecular flexibility index (Phi) is 6.85. The minimum atomic E-state index is -0.514. The molecule has 2 heterocycles. The van der Waals surface area contributed by atoms with E-state index in [4.69, 9.17) is 11.6 Å². The fraction of sp³-hybridized carbons (Fsp3) is 0.385. The first-order chi connectivity index (χ1) is 15.4. The lowest BCUT2D eigenvalue weighted by Gasteiger charge is -2.35. The quantitative estimate of drug-likeness (QED) is 0.559. The molecule has 6 heteroatoms. The van der Waals surface area contributed by atoms with E-state index in [1.54, 1.807) is 0 Å². The molecule has 1 atom stereocenters. The lowest BCUT2D eigenvalue weighted by Crippen LogP contribution is -2.53. The SMILES string of the molecule is CC(C)[C@@H](NC(=O)Cc1c[nH]c2ccccc12)C(=O)N1CCC(c2ccc(Cl)cc2)CC1. The highest BCUT2D eigenvalue weighted by molar-refractivity contribution is 6.30. The number of para-hydroxylation sites is 1. The summed E-state index contributed by atoms with van der Waals surface area (Å²) in [7, 11) is 0. The zero-order valence-corrected chi connectivity index (χ0v) is 19.4. The van der Waals surface area contributed by atoms with Crippen LogP contribution in [0.5, 0.6) is 0 Å². The Labute approximate surface area is 194 Å². The molecule has 168 valence electrons. The molecule has 2 N–H and O–H groups in total. The van der Waals surface area contributed by atoms with E-state index in [0.29, 0.717) is 19.0 Å². The molecule has 0 unspecified atom stereocenters. The summed E-state index contributed by atoms with van der Waals surface area (Å²) in [6.45, 7) is 5.37. The number of fused-ring (bicyclic) bond motifs is 1. The molecule has 2 aromatic carbocycles. The summed E-state index contributed by atoms with van der Waals surface area (Å²) < 4.78 is 0. The summed E-state index contributed by atoms with van der Waals surface area (Å²) in [6.07, 6.45) is 3.96. The van der Waals surface area contributed by atoms with Crippen LogP contribution in [0, 0.1) is 5.92 Å². The molecule has 4 rings (SSSR count). The van der Waals surface area contributed by atoms with Gasteiger partial charge in [-0.05, 0) is 54.0 Å². The van der Waals surface area contributed by atoms with Crippen molar-refractivity contribution < 1.29 is 9.59 Å². The van der Waals surface area contributed by atoms with E-state index in [9.17, 15) is 9.59 Å². The number of halogens is 1. The average Bonchev–Trinajstić information content (AvgIpc) is 3.20. The third-order valence-electron chi connectivity index (χ3n) is 6.42. The van der Waals surface area contributed by atoms with E-state index < -0.39 is 6.04 Å². The van der Waals surface area contributed by atoms with Crippen molar-refractivity contribution in [2.75, 3.05) is 13.1 Å². The molecule has 0 saturated carbocycles. The highest BCUT2D eigenvalue weighted by atomic mass is 35.5. The predicted molar refractivity (Wildman–Crippen MR) is 129 cm³/mol. The van der Waals surface area contributed by atoms with Gasteiger partial charge in [0.15, 0.2) is 0 Å². The fourth-order valence-electron chi connectivity index (χ4n) is 4.55. The molecular weight excluding hydrogens is 422 g/mol. The van der Waals surface area contributed by atoms with Gasteiger partial charge in [-0.1, -0.05) is 55.8 Å². The summed E-state index contributed by atoms with van der Waals surface area (Å²) in [5.74, 6) is 0.341. The Hall–Kier alpha value is -2.79. The number of nitrogens with one attached hydrogen (secondary N) is 2. The standard InChI is InChI=1S/C26H30ClN3O2/c1-17(2)25(29-24(31)15-20-16-28-23-6-4-3-5-22(20)23)26(32)30-13-11-19(12-14-30)18-7-9-21(27)10-8-18/h3-10,16-17,19,25,28H,11-15H2,1-2H3,(H,29,31)/t25-/m1/s1. The van der Waals surface area contributed by atoms with Gasteiger partial charge in [-0.15, -0.1) is 0 Å². The molecule has 5 nitrogen and oxygen atoms in total. The van der Waals surface area contributed by atoms with Gasteiger partial charge in [0.2, 0.25) is 11.8 Å². The monoisotopic (exact) mass is 451 g/mol. The first-order valence-electron chi connectivity index (χ1n) is 11.3. The van der Waals surface area contributed by atoms with Gasteiger partial charge in [0, 0.05) is 35.2 Å². The van der Waals surface area contributed by atoms with Crippen molar-refractivity contribution in [1.29, 1.82) is 0 Å². The molecule has 32 heavy (non-hydrogen) atoms. The van der Waals surface area contributed by atoms with Crippen molar-refractivity contribution in [2.45, 2.75) is 45.1 Å². The van der Waals surface area contributed by atoms with Gasteiger partial charge in [-0.2, -0.15) is 0 Å². The number of rotatable bonds is 6. The highest BCUT2D eigenvalue weighted by Crippen LogP contribution is 2.29. The predicted octanol–water partition coefficient (Wildman–Crippen LogP) is 4.91. The number of benzene rings is 2. The Bertz CT molecular complexity index is 1080. The number of aromatic amines is 1. The van der Waals surface area contributed by atoms with Crippen molar-refractivity contribution in [2.24, 2.45) is 5.92 Å². The molecule has 1 fully saturated rings. The van der Waals surface area contributed by atoms with Gasteiger partial charge in [0.1, 0.15) is 6.04 Å². The number of piperidine rings is 1. The van der Waals surface area contributed by atoms with Crippen molar-refractivity contribution in [1.82, 2.24) is 15.2 Å². The van der Waals surface area contributed by atoms with E-state index in [1.807, 2.05) is 61.3 Å². The molecular formula is C26H30ClN3O2. The molecule has 1 saturated heterocycles. The van der Waals surface area contributed by atoms with Crippen LogP contribution in [-0.2, 0) is 16.0 Å². The van der Waals surface area contributed by atoms with Crippen molar-refractivity contribution in [3.63, 3.8) is 0 Å². The van der Waals surface area contributed by atoms with Crippen molar-refractivity contribution in [3.8, 4) is 0 Å². The maximum atomic E-state index is 13.3. The number of nitrogens with zero attached hydrogens (tertiary/aromatic N) is 1. The number of hydrogen-bond acceptors (Lipinski definition) is 2. The van der Waals surface area contributed by atoms with Crippen molar-refractivity contribution in [3.05, 3.63) is 70.9 Å². The number of carbonyl (C=O) groups is 2. The third kappa shape index (κ3) is 4.99. The van der Waals surface area contributed by atoms with Gasteiger partial charge in [0.25, 0.3) is 0 Å². The molecule has 1 aliphatic rings. The van der Waals surface area contributed by atoms with Gasteiger partial charge in [-0.3, -0.25) is 9.59 Å². The van der Waals surface area contributed by atoms with E-state index in [-0.39, 0.29) is 24.2 Å². The van der Waals surface area contributed by atoms with Crippen LogP contribution in [0.2, 0.25) is 5.02 Å². The molecule has 0 spiro atoms. The maximum Gasteiger partial charge on any atom is 0.245 e. The number of carbonyl (C=O) groups excluding carboxylic acids is 2. The Morgan fingerprint density at radius 1 is 1.09 bits per heavy atom. The van der Waals surface area contributed by atoms with Crippen LogP contribution in [0.4, 0.5) is 0 Å². The average molecular weight is 452 g/mol. The Morgan fingerprint density at radius 3 is 2.47 bits per heavy atom.